The number of hydrogen-bond donors (Lipinski definition) is 2. The zero-order valence-corrected chi connectivity index (χ0v) is 11.7. The minimum atomic E-state index is -0.289. The monoisotopic (exact) mass is 287 g/mol. The number of benzene rings is 1. The fourth-order valence-corrected chi connectivity index (χ4v) is 2.45. The van der Waals surface area contributed by atoms with Crippen LogP contribution in [0.1, 0.15) is 23.1 Å². The first-order valence-corrected chi connectivity index (χ1v) is 6.63. The van der Waals surface area contributed by atoms with Gasteiger partial charge in [0.15, 0.2) is 0 Å². The second-order valence-electron chi connectivity index (χ2n) is 4.64. The number of nitrogens with two attached hydrogens (primary N) is 1. The third-order valence-corrected chi connectivity index (χ3v) is 3.51. The lowest BCUT2D eigenvalue weighted by Gasteiger charge is -2.14. The van der Waals surface area contributed by atoms with Crippen LogP contribution in [0.2, 0.25) is 5.02 Å². The molecule has 1 unspecified atom stereocenters. The maximum Gasteiger partial charge on any atom is 0.134 e. The molecule has 4 nitrogen and oxygen atoms in total. The molecule has 0 aliphatic carbocycles. The number of aryl methyl sites for hydroxylation is 1. The van der Waals surface area contributed by atoms with Crippen molar-refractivity contribution in [3.05, 3.63) is 64.6 Å². The number of hydrazine groups is 1. The summed E-state index contributed by atoms with van der Waals surface area (Å²) >= 11 is 5.99. The Morgan fingerprint density at radius 2 is 2.15 bits per heavy atom. The summed E-state index contributed by atoms with van der Waals surface area (Å²) in [6, 6.07) is 11.0. The number of hydrogen-bond acceptors (Lipinski definition) is 4. The van der Waals surface area contributed by atoms with E-state index in [9.17, 15) is 0 Å². The molecular weight excluding hydrogens is 274 g/mol. The number of halogens is 1. The summed E-state index contributed by atoms with van der Waals surface area (Å²) < 4.78 is 5.84. The summed E-state index contributed by atoms with van der Waals surface area (Å²) in [5.74, 6) is 6.40. The normalized spacial score (nSPS) is 12.8. The molecule has 0 radical (unpaired) electrons. The Kier molecular flexibility index (Phi) is 3.44. The molecule has 0 saturated heterocycles. The Morgan fingerprint density at radius 3 is 2.90 bits per heavy atom. The lowest BCUT2D eigenvalue weighted by Crippen LogP contribution is -2.29. The molecule has 0 fully saturated rings. The topological polar surface area (TPSA) is 64.1 Å². The van der Waals surface area contributed by atoms with E-state index in [1.165, 1.54) is 0 Å². The molecule has 5 heteroatoms. The van der Waals surface area contributed by atoms with Crippen molar-refractivity contribution in [1.29, 1.82) is 0 Å². The van der Waals surface area contributed by atoms with Crippen LogP contribution in [0.15, 0.2) is 47.0 Å². The maximum atomic E-state index is 5.99. The fourth-order valence-electron chi connectivity index (χ4n) is 2.27. The molecule has 1 aromatic carbocycles. The summed E-state index contributed by atoms with van der Waals surface area (Å²) in [4.78, 5) is 4.38. The van der Waals surface area contributed by atoms with Gasteiger partial charge in [0, 0.05) is 16.6 Å². The highest BCUT2D eigenvalue weighted by Crippen LogP contribution is 2.29. The summed E-state index contributed by atoms with van der Waals surface area (Å²) in [5.41, 5.74) is 5.44. The molecule has 3 rings (SSSR count). The van der Waals surface area contributed by atoms with E-state index < -0.39 is 0 Å². The van der Waals surface area contributed by atoms with Gasteiger partial charge in [0.1, 0.15) is 17.4 Å². The largest absolute Gasteiger partial charge is 0.459 e. The molecule has 0 bridgehead atoms. The summed E-state index contributed by atoms with van der Waals surface area (Å²) in [5, 5.41) is 1.62. The zero-order chi connectivity index (χ0) is 14.1. The zero-order valence-electron chi connectivity index (χ0n) is 10.9. The molecule has 2 heterocycles. The first-order valence-electron chi connectivity index (χ1n) is 6.25. The van der Waals surface area contributed by atoms with E-state index >= 15 is 0 Å². The molecule has 0 amide bonds. The van der Waals surface area contributed by atoms with Crippen LogP contribution in [0, 0.1) is 6.92 Å². The molecule has 0 aliphatic rings. The lowest BCUT2D eigenvalue weighted by molar-refractivity contribution is 0.470. The van der Waals surface area contributed by atoms with Crippen molar-refractivity contribution in [1.82, 2.24) is 10.4 Å². The third kappa shape index (κ3) is 2.29. The Hall–Kier alpha value is -1.88. The Balaban J connectivity index is 2.10. The molecule has 20 heavy (non-hydrogen) atoms. The van der Waals surface area contributed by atoms with E-state index in [2.05, 4.69) is 10.4 Å². The molecule has 1 atom stereocenters. The molecule has 3 aromatic rings. The van der Waals surface area contributed by atoms with E-state index in [1.54, 1.807) is 12.3 Å². The number of furan rings is 1. The van der Waals surface area contributed by atoms with Crippen LogP contribution >= 0.6 is 11.6 Å². The van der Waals surface area contributed by atoms with Gasteiger partial charge >= 0.3 is 0 Å². The highest BCUT2D eigenvalue weighted by atomic mass is 35.5. The van der Waals surface area contributed by atoms with Crippen molar-refractivity contribution < 1.29 is 4.42 Å². The second-order valence-corrected chi connectivity index (χ2v) is 5.07. The molecule has 0 aliphatic heterocycles. The van der Waals surface area contributed by atoms with Gasteiger partial charge in [-0.1, -0.05) is 17.7 Å². The fraction of sp³-hybridized carbons (Fsp3) is 0.133. The minimum Gasteiger partial charge on any atom is -0.459 e. The Morgan fingerprint density at radius 1 is 1.30 bits per heavy atom. The van der Waals surface area contributed by atoms with Crippen LogP contribution in [-0.4, -0.2) is 4.98 Å². The van der Waals surface area contributed by atoms with Crippen molar-refractivity contribution in [2.75, 3.05) is 0 Å². The molecule has 3 N–H and O–H groups in total. The first kappa shape index (κ1) is 13.1. The molecular formula is C15H14ClN3O. The Bertz CT molecular complexity index is 754. The van der Waals surface area contributed by atoms with E-state index in [0.29, 0.717) is 10.8 Å². The van der Waals surface area contributed by atoms with Crippen LogP contribution in [-0.2, 0) is 0 Å². The second kappa shape index (κ2) is 5.25. The number of nitrogens with zero attached hydrogens (tertiary/aromatic N) is 1. The molecule has 0 spiro atoms. The molecule has 102 valence electrons. The van der Waals surface area contributed by atoms with Gasteiger partial charge in [-0.25, -0.2) is 5.43 Å². The molecule has 0 saturated carbocycles. The predicted molar refractivity (Wildman–Crippen MR) is 79.4 cm³/mol. The molecule has 2 aromatic heterocycles. The van der Waals surface area contributed by atoms with Gasteiger partial charge in [-0.2, -0.15) is 0 Å². The van der Waals surface area contributed by atoms with Crippen molar-refractivity contribution in [2.45, 2.75) is 13.0 Å². The summed E-state index contributed by atoms with van der Waals surface area (Å²) in [6.07, 6.45) is 1.74. The van der Waals surface area contributed by atoms with Crippen LogP contribution in [0.5, 0.6) is 0 Å². The first-order chi connectivity index (χ1) is 9.69. The van der Waals surface area contributed by atoms with E-state index in [0.717, 1.165) is 22.2 Å². The van der Waals surface area contributed by atoms with Crippen LogP contribution in [0.3, 0.4) is 0 Å². The standard InChI is InChI=1S/C15H14ClN3O/c1-9-3-2-6-18-14(9)15(19-17)13-8-10-7-11(16)4-5-12(10)20-13/h2-8,15,19H,17H2,1H3. The highest BCUT2D eigenvalue weighted by molar-refractivity contribution is 6.31. The Labute approximate surface area is 121 Å². The maximum absolute atomic E-state index is 5.99. The van der Waals surface area contributed by atoms with Gasteiger partial charge < -0.3 is 4.42 Å². The number of rotatable bonds is 3. The highest BCUT2D eigenvalue weighted by Gasteiger charge is 2.20. The number of aromatic nitrogens is 1. The van der Waals surface area contributed by atoms with Crippen LogP contribution < -0.4 is 11.3 Å². The smallest absolute Gasteiger partial charge is 0.134 e. The van der Waals surface area contributed by atoms with Crippen molar-refractivity contribution in [3.8, 4) is 0 Å². The van der Waals surface area contributed by atoms with Crippen molar-refractivity contribution in [2.24, 2.45) is 5.84 Å². The predicted octanol–water partition coefficient (Wildman–Crippen LogP) is 3.34. The van der Waals surface area contributed by atoms with Gasteiger partial charge in [0.25, 0.3) is 0 Å². The number of nitrogens with one attached hydrogen (secondary N) is 1. The third-order valence-electron chi connectivity index (χ3n) is 3.27. The van der Waals surface area contributed by atoms with E-state index in [1.807, 2.05) is 37.3 Å². The van der Waals surface area contributed by atoms with Gasteiger partial charge in [-0.05, 0) is 42.8 Å². The van der Waals surface area contributed by atoms with Gasteiger partial charge in [-0.3, -0.25) is 10.8 Å². The average molecular weight is 288 g/mol. The quantitative estimate of drug-likeness (QED) is 0.573. The van der Waals surface area contributed by atoms with E-state index in [-0.39, 0.29) is 6.04 Å². The van der Waals surface area contributed by atoms with Crippen LogP contribution in [0.25, 0.3) is 11.0 Å². The number of fused-ring (bicyclic) bond motifs is 1. The lowest BCUT2D eigenvalue weighted by atomic mass is 10.1. The summed E-state index contributed by atoms with van der Waals surface area (Å²) in [6.45, 7) is 1.99. The van der Waals surface area contributed by atoms with Crippen molar-refractivity contribution >= 4 is 22.6 Å². The average Bonchev–Trinajstić information content (AvgIpc) is 2.84. The number of pyridine rings is 1. The minimum absolute atomic E-state index is 0.289. The van der Waals surface area contributed by atoms with Crippen LogP contribution in [0.4, 0.5) is 0 Å². The van der Waals surface area contributed by atoms with E-state index in [4.69, 9.17) is 21.9 Å². The SMILES string of the molecule is Cc1cccnc1C(NN)c1cc2cc(Cl)ccc2o1. The van der Waals surface area contributed by atoms with Gasteiger partial charge in [0.05, 0.1) is 5.69 Å². The van der Waals surface area contributed by atoms with Crippen molar-refractivity contribution in [3.63, 3.8) is 0 Å². The summed E-state index contributed by atoms with van der Waals surface area (Å²) in [7, 11) is 0. The van der Waals surface area contributed by atoms with Gasteiger partial charge in [-0.15, -0.1) is 0 Å². The van der Waals surface area contributed by atoms with Gasteiger partial charge in [0.2, 0.25) is 0 Å².